The Morgan fingerprint density at radius 2 is 2.33 bits per heavy atom. The lowest BCUT2D eigenvalue weighted by Crippen LogP contribution is -2.12. The summed E-state index contributed by atoms with van der Waals surface area (Å²) in [6.07, 6.45) is 0.682. The number of hydrogen-bond donors (Lipinski definition) is 2. The lowest BCUT2D eigenvalue weighted by molar-refractivity contribution is 0.102. The molecule has 3 N–H and O–H groups in total. The molecule has 2 aromatic rings. The first kappa shape index (κ1) is 13.0. The van der Waals surface area contributed by atoms with Gasteiger partial charge in [-0.3, -0.25) is 4.79 Å². The molecule has 0 fully saturated rings. The van der Waals surface area contributed by atoms with Crippen LogP contribution in [-0.4, -0.2) is 15.5 Å². The highest BCUT2D eigenvalue weighted by atomic mass is 79.9. The van der Waals surface area contributed by atoms with E-state index < -0.39 is 0 Å². The zero-order chi connectivity index (χ0) is 13.1. The van der Waals surface area contributed by atoms with Crippen LogP contribution in [0.5, 0.6) is 0 Å². The number of benzene rings is 1. The number of aromatic nitrogens is 2. The lowest BCUT2D eigenvalue weighted by atomic mass is 10.2. The standard InChI is InChI=1S/C11H11BrN4OS/c1-2-9-10(18-16-15-9)11(17)14-6-3-4-7(12)8(13)5-6/h3-5H,2,13H2,1H3,(H,14,17). The van der Waals surface area contributed by atoms with Gasteiger partial charge in [0.15, 0.2) is 0 Å². The quantitative estimate of drug-likeness (QED) is 0.850. The fourth-order valence-electron chi connectivity index (χ4n) is 1.42. The van der Waals surface area contributed by atoms with Crippen molar-refractivity contribution in [2.45, 2.75) is 13.3 Å². The summed E-state index contributed by atoms with van der Waals surface area (Å²) >= 11 is 4.40. The van der Waals surface area contributed by atoms with Crippen LogP contribution in [0.1, 0.15) is 22.3 Å². The first-order chi connectivity index (χ1) is 8.61. The molecule has 18 heavy (non-hydrogen) atoms. The summed E-state index contributed by atoms with van der Waals surface area (Å²) in [7, 11) is 0. The average Bonchev–Trinajstić information content (AvgIpc) is 2.82. The van der Waals surface area contributed by atoms with Gasteiger partial charge in [0.1, 0.15) is 4.88 Å². The summed E-state index contributed by atoms with van der Waals surface area (Å²) < 4.78 is 4.59. The second-order valence-corrected chi connectivity index (χ2v) is 5.20. The highest BCUT2D eigenvalue weighted by Crippen LogP contribution is 2.23. The third-order valence-corrected chi connectivity index (χ3v) is 3.84. The second kappa shape index (κ2) is 5.45. The minimum Gasteiger partial charge on any atom is -0.398 e. The molecular formula is C11H11BrN4OS. The Morgan fingerprint density at radius 3 is 3.00 bits per heavy atom. The van der Waals surface area contributed by atoms with E-state index in [0.717, 1.165) is 16.0 Å². The number of anilines is 2. The number of rotatable bonds is 3. The topological polar surface area (TPSA) is 80.9 Å². The maximum atomic E-state index is 12.0. The molecule has 0 bridgehead atoms. The fraction of sp³-hybridized carbons (Fsp3) is 0.182. The molecular weight excluding hydrogens is 316 g/mol. The van der Waals surface area contributed by atoms with Crippen LogP contribution in [0.25, 0.3) is 0 Å². The van der Waals surface area contributed by atoms with E-state index in [1.54, 1.807) is 18.2 Å². The molecule has 0 aliphatic heterocycles. The van der Waals surface area contributed by atoms with Crippen LogP contribution < -0.4 is 11.1 Å². The Morgan fingerprint density at radius 1 is 1.56 bits per heavy atom. The molecule has 7 heteroatoms. The van der Waals surface area contributed by atoms with Crippen molar-refractivity contribution in [3.05, 3.63) is 33.2 Å². The summed E-state index contributed by atoms with van der Waals surface area (Å²) in [5, 5.41) is 6.68. The summed E-state index contributed by atoms with van der Waals surface area (Å²) in [4.78, 5) is 12.6. The van der Waals surface area contributed by atoms with E-state index in [1.807, 2.05) is 6.92 Å². The molecule has 5 nitrogen and oxygen atoms in total. The predicted molar refractivity (Wildman–Crippen MR) is 75.8 cm³/mol. The molecule has 0 radical (unpaired) electrons. The van der Waals surface area contributed by atoms with Crippen molar-refractivity contribution in [2.24, 2.45) is 0 Å². The van der Waals surface area contributed by atoms with E-state index in [4.69, 9.17) is 5.73 Å². The van der Waals surface area contributed by atoms with Gasteiger partial charge in [-0.2, -0.15) is 0 Å². The zero-order valence-corrected chi connectivity index (χ0v) is 12.0. The molecule has 2 rings (SSSR count). The molecule has 1 heterocycles. The summed E-state index contributed by atoms with van der Waals surface area (Å²) in [5.41, 5.74) is 7.69. The van der Waals surface area contributed by atoms with Crippen LogP contribution in [0, 0.1) is 0 Å². The number of nitrogens with one attached hydrogen (secondary N) is 1. The molecule has 0 aliphatic carbocycles. The van der Waals surface area contributed by atoms with E-state index >= 15 is 0 Å². The molecule has 94 valence electrons. The van der Waals surface area contributed by atoms with Gasteiger partial charge in [-0.25, -0.2) is 0 Å². The van der Waals surface area contributed by atoms with Gasteiger partial charge in [-0.1, -0.05) is 11.4 Å². The van der Waals surface area contributed by atoms with Crippen molar-refractivity contribution in [3.63, 3.8) is 0 Å². The number of nitrogens with two attached hydrogens (primary N) is 1. The van der Waals surface area contributed by atoms with Gasteiger partial charge < -0.3 is 11.1 Å². The number of nitrogens with zero attached hydrogens (tertiary/aromatic N) is 2. The number of halogens is 1. The van der Waals surface area contributed by atoms with Crippen LogP contribution in [-0.2, 0) is 6.42 Å². The van der Waals surface area contributed by atoms with Gasteiger partial charge in [0.05, 0.1) is 5.69 Å². The minimum atomic E-state index is -0.205. The molecule has 1 aromatic carbocycles. The molecule has 0 saturated heterocycles. The molecule has 0 spiro atoms. The summed E-state index contributed by atoms with van der Waals surface area (Å²) in [6, 6.07) is 5.26. The first-order valence-electron chi connectivity index (χ1n) is 5.29. The van der Waals surface area contributed by atoms with Crippen molar-refractivity contribution in [1.82, 2.24) is 9.59 Å². The van der Waals surface area contributed by atoms with Gasteiger partial charge in [0.2, 0.25) is 0 Å². The van der Waals surface area contributed by atoms with Gasteiger partial charge in [0.25, 0.3) is 5.91 Å². The van der Waals surface area contributed by atoms with E-state index in [-0.39, 0.29) is 5.91 Å². The van der Waals surface area contributed by atoms with E-state index in [1.165, 1.54) is 0 Å². The van der Waals surface area contributed by atoms with E-state index in [2.05, 4.69) is 30.8 Å². The van der Waals surface area contributed by atoms with Crippen LogP contribution in [0.2, 0.25) is 0 Å². The average molecular weight is 327 g/mol. The number of amides is 1. The number of hydrogen-bond acceptors (Lipinski definition) is 5. The number of carbonyl (C=O) groups excluding carboxylic acids is 1. The Labute approximate surface area is 117 Å². The van der Waals surface area contributed by atoms with E-state index in [9.17, 15) is 4.79 Å². The van der Waals surface area contributed by atoms with Crippen LogP contribution in [0.3, 0.4) is 0 Å². The SMILES string of the molecule is CCc1nnsc1C(=O)Nc1ccc(Br)c(N)c1. The molecule has 1 aromatic heterocycles. The first-order valence-corrected chi connectivity index (χ1v) is 6.86. The number of nitrogen functional groups attached to an aromatic ring is 1. The third kappa shape index (κ3) is 2.68. The van der Waals surface area contributed by atoms with Crippen molar-refractivity contribution in [2.75, 3.05) is 11.1 Å². The van der Waals surface area contributed by atoms with Crippen molar-refractivity contribution < 1.29 is 4.79 Å². The van der Waals surface area contributed by atoms with Crippen LogP contribution >= 0.6 is 27.5 Å². The lowest BCUT2D eigenvalue weighted by Gasteiger charge is -2.06. The van der Waals surface area contributed by atoms with Gasteiger partial charge in [0, 0.05) is 15.8 Å². The monoisotopic (exact) mass is 326 g/mol. The highest BCUT2D eigenvalue weighted by molar-refractivity contribution is 9.10. The normalized spacial score (nSPS) is 10.3. The van der Waals surface area contributed by atoms with Crippen molar-refractivity contribution in [3.8, 4) is 0 Å². The minimum absolute atomic E-state index is 0.205. The van der Waals surface area contributed by atoms with Gasteiger partial charge in [-0.15, -0.1) is 5.10 Å². The van der Waals surface area contributed by atoms with Crippen LogP contribution in [0.4, 0.5) is 11.4 Å². The Hall–Kier alpha value is -1.47. The highest BCUT2D eigenvalue weighted by Gasteiger charge is 2.15. The fourth-order valence-corrected chi connectivity index (χ4v) is 2.31. The van der Waals surface area contributed by atoms with Crippen LogP contribution in [0.15, 0.2) is 22.7 Å². The molecule has 0 atom stereocenters. The molecule has 0 unspecified atom stereocenters. The summed E-state index contributed by atoms with van der Waals surface area (Å²) in [6.45, 7) is 1.94. The third-order valence-electron chi connectivity index (χ3n) is 2.35. The maximum Gasteiger partial charge on any atom is 0.269 e. The van der Waals surface area contributed by atoms with Gasteiger partial charge in [-0.05, 0) is 52.1 Å². The smallest absolute Gasteiger partial charge is 0.269 e. The summed E-state index contributed by atoms with van der Waals surface area (Å²) in [5.74, 6) is -0.205. The Bertz CT molecular complexity index is 584. The molecule has 0 aliphatic rings. The van der Waals surface area contributed by atoms with Gasteiger partial charge >= 0.3 is 0 Å². The van der Waals surface area contributed by atoms with Crippen molar-refractivity contribution in [1.29, 1.82) is 0 Å². The molecule has 1 amide bonds. The second-order valence-electron chi connectivity index (χ2n) is 3.59. The Kier molecular flexibility index (Phi) is 3.93. The predicted octanol–water partition coefficient (Wildman–Crippen LogP) is 2.70. The largest absolute Gasteiger partial charge is 0.398 e. The Balaban J connectivity index is 2.19. The number of carbonyl (C=O) groups is 1. The molecule has 0 saturated carbocycles. The van der Waals surface area contributed by atoms with Crippen molar-refractivity contribution >= 4 is 44.7 Å². The maximum absolute atomic E-state index is 12.0. The van der Waals surface area contributed by atoms with E-state index in [0.29, 0.717) is 28.4 Å². The zero-order valence-electron chi connectivity index (χ0n) is 9.61. The number of aryl methyl sites for hydroxylation is 1.